The van der Waals surface area contributed by atoms with Crippen molar-refractivity contribution in [2.45, 2.75) is 19.8 Å². The minimum absolute atomic E-state index is 0.0609. The van der Waals surface area contributed by atoms with E-state index in [2.05, 4.69) is 0 Å². The molecule has 0 aromatic heterocycles. The van der Waals surface area contributed by atoms with Crippen LogP contribution in [0.1, 0.15) is 19.8 Å². The number of carboxylic acids is 1. The van der Waals surface area contributed by atoms with Crippen LogP contribution >= 0.6 is 0 Å². The molecule has 0 saturated heterocycles. The maximum Gasteiger partial charge on any atom is 0.306 e. The van der Waals surface area contributed by atoms with Gasteiger partial charge >= 0.3 is 5.97 Å². The number of amidine groups is 1. The topological polar surface area (TPSA) is 87.2 Å². The monoisotopic (exact) mass is 144 g/mol. The van der Waals surface area contributed by atoms with E-state index in [0.29, 0.717) is 6.42 Å². The Morgan fingerprint density at radius 3 is 2.40 bits per heavy atom. The second kappa shape index (κ2) is 3.87. The first kappa shape index (κ1) is 8.94. The average Bonchev–Trinajstić information content (AvgIpc) is 1.81. The molecule has 4 heteroatoms. The zero-order valence-corrected chi connectivity index (χ0v) is 5.92. The van der Waals surface area contributed by atoms with Gasteiger partial charge in [0.2, 0.25) is 0 Å². The molecule has 10 heavy (non-hydrogen) atoms. The van der Waals surface area contributed by atoms with Crippen LogP contribution in [0.15, 0.2) is 0 Å². The van der Waals surface area contributed by atoms with Gasteiger partial charge in [-0.3, -0.25) is 10.2 Å². The Hall–Kier alpha value is -1.06. The van der Waals surface area contributed by atoms with Crippen molar-refractivity contribution in [1.29, 1.82) is 5.41 Å². The second-order valence-electron chi connectivity index (χ2n) is 2.17. The Kier molecular flexibility index (Phi) is 3.46. The molecule has 4 N–H and O–H groups in total. The smallest absolute Gasteiger partial charge is 0.306 e. The van der Waals surface area contributed by atoms with Gasteiger partial charge in [-0.05, 0) is 6.42 Å². The van der Waals surface area contributed by atoms with Crippen molar-refractivity contribution < 1.29 is 9.90 Å². The van der Waals surface area contributed by atoms with E-state index in [1.165, 1.54) is 0 Å². The van der Waals surface area contributed by atoms with E-state index in [1.807, 2.05) is 0 Å². The summed E-state index contributed by atoms with van der Waals surface area (Å²) in [5.41, 5.74) is 5.03. The molecule has 0 aromatic rings. The van der Waals surface area contributed by atoms with Crippen LogP contribution in [0.5, 0.6) is 0 Å². The number of nitrogens with two attached hydrogens (primary N) is 1. The number of carbonyl (C=O) groups is 1. The molecule has 0 aliphatic rings. The number of hydrogen-bond donors (Lipinski definition) is 3. The van der Waals surface area contributed by atoms with Crippen molar-refractivity contribution in [3.05, 3.63) is 0 Å². The summed E-state index contributed by atoms with van der Waals surface area (Å²) < 4.78 is 0. The van der Waals surface area contributed by atoms with Gasteiger partial charge in [-0.2, -0.15) is 0 Å². The normalized spacial score (nSPS) is 12.5. The van der Waals surface area contributed by atoms with Gasteiger partial charge < -0.3 is 10.8 Å². The zero-order valence-electron chi connectivity index (χ0n) is 5.92. The fourth-order valence-corrected chi connectivity index (χ4v) is 0.672. The first-order chi connectivity index (χ1) is 4.57. The van der Waals surface area contributed by atoms with Gasteiger partial charge in [0.05, 0.1) is 11.8 Å². The van der Waals surface area contributed by atoms with Crippen LogP contribution in [-0.4, -0.2) is 16.9 Å². The summed E-state index contributed by atoms with van der Waals surface area (Å²) in [4.78, 5) is 10.3. The summed E-state index contributed by atoms with van der Waals surface area (Å²) in [6.45, 7) is 1.77. The van der Waals surface area contributed by atoms with Gasteiger partial charge in [0.15, 0.2) is 0 Å². The van der Waals surface area contributed by atoms with Gasteiger partial charge in [-0.1, -0.05) is 6.92 Å². The molecule has 0 spiro atoms. The third-order valence-corrected chi connectivity index (χ3v) is 1.31. The van der Waals surface area contributed by atoms with E-state index in [4.69, 9.17) is 16.2 Å². The third kappa shape index (κ3) is 3.06. The Labute approximate surface area is 59.5 Å². The summed E-state index contributed by atoms with van der Waals surface area (Å²) in [6.07, 6.45) is 0.681. The molecule has 58 valence electrons. The molecule has 0 radical (unpaired) electrons. The lowest BCUT2D eigenvalue weighted by Crippen LogP contribution is -2.21. The molecule has 0 amide bonds. The van der Waals surface area contributed by atoms with Crippen molar-refractivity contribution in [2.75, 3.05) is 0 Å². The van der Waals surface area contributed by atoms with Gasteiger partial charge in [0.25, 0.3) is 0 Å². The van der Waals surface area contributed by atoms with Crippen LogP contribution in [0.3, 0.4) is 0 Å². The molecule has 4 nitrogen and oxygen atoms in total. The Morgan fingerprint density at radius 2 is 2.30 bits per heavy atom. The van der Waals surface area contributed by atoms with Crippen LogP contribution in [0, 0.1) is 11.3 Å². The molecule has 0 aliphatic heterocycles. The van der Waals surface area contributed by atoms with E-state index < -0.39 is 11.9 Å². The van der Waals surface area contributed by atoms with E-state index in [-0.39, 0.29) is 12.3 Å². The molecule has 0 rings (SSSR count). The minimum Gasteiger partial charge on any atom is -0.481 e. The summed E-state index contributed by atoms with van der Waals surface area (Å²) in [5, 5.41) is 15.3. The van der Waals surface area contributed by atoms with Crippen LogP contribution in [0.4, 0.5) is 0 Å². The molecule has 0 aliphatic carbocycles. The molecular weight excluding hydrogens is 132 g/mol. The summed E-state index contributed by atoms with van der Waals surface area (Å²) in [5.74, 6) is -1.43. The van der Waals surface area contributed by atoms with Crippen LogP contribution < -0.4 is 5.73 Å². The number of rotatable bonds is 4. The highest BCUT2D eigenvalue weighted by molar-refractivity contribution is 5.82. The van der Waals surface area contributed by atoms with Crippen molar-refractivity contribution in [1.82, 2.24) is 0 Å². The summed E-state index contributed by atoms with van der Waals surface area (Å²) in [6, 6.07) is 0. The lowest BCUT2D eigenvalue weighted by molar-refractivity contribution is -0.141. The van der Waals surface area contributed by atoms with E-state index >= 15 is 0 Å². The molecule has 0 bridgehead atoms. The average molecular weight is 144 g/mol. The predicted octanol–water partition coefficient (Wildman–Crippen LogP) is 0.423. The van der Waals surface area contributed by atoms with Gasteiger partial charge in [0, 0.05) is 6.42 Å². The number of aliphatic carboxylic acids is 1. The highest BCUT2D eigenvalue weighted by Crippen LogP contribution is 2.06. The van der Waals surface area contributed by atoms with E-state index in [0.717, 1.165) is 0 Å². The number of hydrogen-bond acceptors (Lipinski definition) is 2. The van der Waals surface area contributed by atoms with Crippen LogP contribution in [0.2, 0.25) is 0 Å². The number of carboxylic acid groups (broad SMARTS) is 1. The largest absolute Gasteiger partial charge is 0.481 e. The minimum atomic E-state index is -0.877. The summed E-state index contributed by atoms with van der Waals surface area (Å²) in [7, 11) is 0. The highest BCUT2D eigenvalue weighted by Gasteiger charge is 2.15. The Bertz CT molecular complexity index is 145. The van der Waals surface area contributed by atoms with Crippen molar-refractivity contribution >= 4 is 11.8 Å². The first-order valence-electron chi connectivity index (χ1n) is 3.13. The number of nitrogens with one attached hydrogen (secondary N) is 1. The van der Waals surface area contributed by atoms with Gasteiger partial charge in [-0.25, -0.2) is 0 Å². The predicted molar refractivity (Wildman–Crippen MR) is 37.9 cm³/mol. The standard InChI is InChI=1S/C6H12N2O2/c1-2-4(6(9)10)3-5(7)8/h4H,2-3H2,1H3,(H3,7,8)(H,9,10). The maximum atomic E-state index is 10.3. The molecule has 0 saturated carbocycles. The van der Waals surface area contributed by atoms with Gasteiger partial charge in [0.1, 0.15) is 0 Å². The molecular formula is C6H12N2O2. The van der Waals surface area contributed by atoms with Crippen LogP contribution in [0.25, 0.3) is 0 Å². The van der Waals surface area contributed by atoms with Crippen molar-refractivity contribution in [3.8, 4) is 0 Å². The third-order valence-electron chi connectivity index (χ3n) is 1.31. The van der Waals surface area contributed by atoms with Crippen molar-refractivity contribution in [2.24, 2.45) is 11.7 Å². The van der Waals surface area contributed by atoms with E-state index in [1.54, 1.807) is 6.92 Å². The Morgan fingerprint density at radius 1 is 1.80 bits per heavy atom. The van der Waals surface area contributed by atoms with E-state index in [9.17, 15) is 4.79 Å². The Balaban J connectivity index is 3.83. The molecule has 1 unspecified atom stereocenters. The summed E-state index contributed by atoms with van der Waals surface area (Å²) >= 11 is 0. The fraction of sp³-hybridized carbons (Fsp3) is 0.667. The lowest BCUT2D eigenvalue weighted by atomic mass is 10.0. The van der Waals surface area contributed by atoms with Gasteiger partial charge in [-0.15, -0.1) is 0 Å². The lowest BCUT2D eigenvalue weighted by Gasteiger charge is -2.06. The highest BCUT2D eigenvalue weighted by atomic mass is 16.4. The molecule has 0 aromatic carbocycles. The molecule has 0 heterocycles. The fourth-order valence-electron chi connectivity index (χ4n) is 0.672. The first-order valence-corrected chi connectivity index (χ1v) is 3.13. The van der Waals surface area contributed by atoms with Crippen molar-refractivity contribution in [3.63, 3.8) is 0 Å². The molecule has 1 atom stereocenters. The quantitative estimate of drug-likeness (QED) is 0.394. The van der Waals surface area contributed by atoms with Crippen LogP contribution in [-0.2, 0) is 4.79 Å². The second-order valence-corrected chi connectivity index (χ2v) is 2.17. The molecule has 0 fully saturated rings. The maximum absolute atomic E-state index is 10.3. The zero-order chi connectivity index (χ0) is 8.15. The SMILES string of the molecule is CCC(CC(=N)N)C(=O)O.